The average Bonchev–Trinajstić information content (AvgIpc) is 2.94. The number of hydrogen-bond donors (Lipinski definition) is 2. The maximum atomic E-state index is 12.6. The molecule has 7 nitrogen and oxygen atoms in total. The maximum Gasteiger partial charge on any atom is 0.257 e. The van der Waals surface area contributed by atoms with E-state index in [0.717, 1.165) is 38.6 Å². The van der Waals surface area contributed by atoms with E-state index in [1.54, 1.807) is 17.9 Å². The van der Waals surface area contributed by atoms with Gasteiger partial charge in [0.1, 0.15) is 24.6 Å². The lowest BCUT2D eigenvalue weighted by Crippen LogP contribution is -3.14. The number of morpholine rings is 1. The van der Waals surface area contributed by atoms with Crippen LogP contribution in [0.4, 0.5) is 0 Å². The van der Waals surface area contributed by atoms with E-state index in [2.05, 4.69) is 5.32 Å². The van der Waals surface area contributed by atoms with Crippen LogP contribution in [0.25, 0.3) is 0 Å². The Labute approximate surface area is 149 Å². The molecule has 0 bridgehead atoms. The first kappa shape index (κ1) is 19.5. The molecule has 1 aromatic heterocycles. The third-order valence-electron chi connectivity index (χ3n) is 4.55. The SMILES string of the molecule is CCN(CCC(=O)NCC[NH+]1CCOCC1)C(=O)c1cc(C)oc1C. The summed E-state index contributed by atoms with van der Waals surface area (Å²) in [4.78, 5) is 27.7. The van der Waals surface area contributed by atoms with Gasteiger partial charge in [0.25, 0.3) is 5.91 Å². The van der Waals surface area contributed by atoms with Crippen LogP contribution in [0, 0.1) is 13.8 Å². The van der Waals surface area contributed by atoms with Crippen molar-refractivity contribution in [2.75, 3.05) is 52.5 Å². The molecule has 0 aromatic carbocycles. The van der Waals surface area contributed by atoms with E-state index in [1.807, 2.05) is 13.8 Å². The van der Waals surface area contributed by atoms with Gasteiger partial charge in [0.2, 0.25) is 5.91 Å². The van der Waals surface area contributed by atoms with Crippen molar-refractivity contribution in [3.8, 4) is 0 Å². The van der Waals surface area contributed by atoms with Gasteiger partial charge in [-0.15, -0.1) is 0 Å². The fraction of sp³-hybridized carbons (Fsp3) is 0.667. The van der Waals surface area contributed by atoms with E-state index < -0.39 is 0 Å². The smallest absolute Gasteiger partial charge is 0.257 e. The molecule has 2 heterocycles. The number of rotatable bonds is 8. The zero-order chi connectivity index (χ0) is 18.2. The highest BCUT2D eigenvalue weighted by Gasteiger charge is 2.20. The standard InChI is InChI=1S/C18H29N3O4/c1-4-21(18(23)16-13-14(2)25-15(16)3)7-5-17(22)19-6-8-20-9-11-24-12-10-20/h13H,4-12H2,1-3H3,(H,19,22)/p+1. The van der Waals surface area contributed by atoms with E-state index in [-0.39, 0.29) is 11.8 Å². The van der Waals surface area contributed by atoms with Crippen molar-refractivity contribution in [1.82, 2.24) is 10.2 Å². The largest absolute Gasteiger partial charge is 0.466 e. The highest BCUT2D eigenvalue weighted by Crippen LogP contribution is 2.16. The molecule has 0 aliphatic carbocycles. The molecule has 1 aromatic rings. The summed E-state index contributed by atoms with van der Waals surface area (Å²) in [6.07, 6.45) is 0.313. The number of nitrogens with zero attached hydrogens (tertiary/aromatic N) is 1. The van der Waals surface area contributed by atoms with Crippen LogP contribution in [0.3, 0.4) is 0 Å². The summed E-state index contributed by atoms with van der Waals surface area (Å²) in [7, 11) is 0. The predicted octanol–water partition coefficient (Wildman–Crippen LogP) is -0.220. The van der Waals surface area contributed by atoms with Gasteiger partial charge < -0.3 is 24.3 Å². The molecule has 2 amide bonds. The van der Waals surface area contributed by atoms with Crippen LogP contribution >= 0.6 is 0 Å². The molecule has 0 spiro atoms. The van der Waals surface area contributed by atoms with Crippen LogP contribution in [0.5, 0.6) is 0 Å². The number of nitrogens with one attached hydrogen (secondary N) is 2. The molecule has 2 N–H and O–H groups in total. The normalized spacial score (nSPS) is 15.2. The minimum Gasteiger partial charge on any atom is -0.466 e. The Bertz CT molecular complexity index is 579. The predicted molar refractivity (Wildman–Crippen MR) is 93.8 cm³/mol. The number of amides is 2. The number of quaternary nitrogens is 1. The molecule has 0 atom stereocenters. The topological polar surface area (TPSA) is 76.2 Å². The van der Waals surface area contributed by atoms with E-state index in [1.165, 1.54) is 4.90 Å². The Balaban J connectivity index is 1.72. The molecular formula is C18H30N3O4+. The molecular weight excluding hydrogens is 322 g/mol. The lowest BCUT2D eigenvalue weighted by atomic mass is 10.2. The Morgan fingerprint density at radius 3 is 2.60 bits per heavy atom. The Morgan fingerprint density at radius 1 is 1.28 bits per heavy atom. The van der Waals surface area contributed by atoms with Crippen LogP contribution in [-0.4, -0.2) is 69.2 Å². The van der Waals surface area contributed by atoms with Crippen LogP contribution in [0.1, 0.15) is 35.2 Å². The average molecular weight is 352 g/mol. The molecule has 1 aliphatic rings. The Morgan fingerprint density at radius 2 is 2.00 bits per heavy atom. The fourth-order valence-corrected chi connectivity index (χ4v) is 3.03. The van der Waals surface area contributed by atoms with Gasteiger partial charge in [-0.1, -0.05) is 0 Å². The minimum absolute atomic E-state index is 0.0148. The second kappa shape index (κ2) is 9.58. The van der Waals surface area contributed by atoms with Crippen molar-refractivity contribution < 1.29 is 23.6 Å². The molecule has 0 saturated carbocycles. The second-order valence-corrected chi connectivity index (χ2v) is 6.42. The van der Waals surface area contributed by atoms with Gasteiger partial charge in [0, 0.05) is 19.5 Å². The number of furan rings is 1. The summed E-state index contributed by atoms with van der Waals surface area (Å²) < 4.78 is 10.7. The number of carbonyl (C=O) groups excluding carboxylic acids is 2. The summed E-state index contributed by atoms with van der Waals surface area (Å²) in [6.45, 7) is 11.7. The molecule has 0 unspecified atom stereocenters. The summed E-state index contributed by atoms with van der Waals surface area (Å²) in [6, 6.07) is 1.76. The Kier molecular flexibility index (Phi) is 7.46. The first-order chi connectivity index (χ1) is 12.0. The van der Waals surface area contributed by atoms with Gasteiger partial charge in [-0.2, -0.15) is 0 Å². The van der Waals surface area contributed by atoms with Gasteiger partial charge in [0.15, 0.2) is 0 Å². The molecule has 140 valence electrons. The monoisotopic (exact) mass is 352 g/mol. The van der Waals surface area contributed by atoms with E-state index in [9.17, 15) is 9.59 Å². The molecule has 7 heteroatoms. The lowest BCUT2D eigenvalue weighted by molar-refractivity contribution is -0.906. The molecule has 1 saturated heterocycles. The van der Waals surface area contributed by atoms with Gasteiger partial charge in [-0.3, -0.25) is 9.59 Å². The minimum atomic E-state index is -0.0811. The third-order valence-corrected chi connectivity index (χ3v) is 4.55. The number of aryl methyl sites for hydroxylation is 2. The van der Waals surface area contributed by atoms with Crippen molar-refractivity contribution in [3.63, 3.8) is 0 Å². The van der Waals surface area contributed by atoms with Gasteiger partial charge in [0.05, 0.1) is 31.9 Å². The highest BCUT2D eigenvalue weighted by atomic mass is 16.5. The fourth-order valence-electron chi connectivity index (χ4n) is 3.03. The molecule has 1 fully saturated rings. The lowest BCUT2D eigenvalue weighted by Gasteiger charge is -2.24. The third kappa shape index (κ3) is 5.86. The number of hydrogen-bond acceptors (Lipinski definition) is 4. The first-order valence-electron chi connectivity index (χ1n) is 9.05. The van der Waals surface area contributed by atoms with Gasteiger partial charge >= 0.3 is 0 Å². The zero-order valence-electron chi connectivity index (χ0n) is 15.5. The van der Waals surface area contributed by atoms with Crippen LogP contribution in [-0.2, 0) is 9.53 Å². The van der Waals surface area contributed by atoms with Crippen molar-refractivity contribution in [2.45, 2.75) is 27.2 Å². The van der Waals surface area contributed by atoms with E-state index in [4.69, 9.17) is 9.15 Å². The summed E-state index contributed by atoms with van der Waals surface area (Å²) in [5.41, 5.74) is 0.579. The second-order valence-electron chi connectivity index (χ2n) is 6.42. The van der Waals surface area contributed by atoms with Crippen molar-refractivity contribution in [1.29, 1.82) is 0 Å². The Hall–Kier alpha value is -1.86. The van der Waals surface area contributed by atoms with E-state index >= 15 is 0 Å². The van der Waals surface area contributed by atoms with Crippen LogP contribution in [0.15, 0.2) is 10.5 Å². The van der Waals surface area contributed by atoms with Gasteiger partial charge in [-0.05, 0) is 26.8 Å². The van der Waals surface area contributed by atoms with Crippen LogP contribution in [0.2, 0.25) is 0 Å². The quantitative estimate of drug-likeness (QED) is 0.678. The summed E-state index contributed by atoms with van der Waals surface area (Å²) >= 11 is 0. The van der Waals surface area contributed by atoms with Crippen molar-refractivity contribution >= 4 is 11.8 Å². The maximum absolute atomic E-state index is 12.6. The summed E-state index contributed by atoms with van der Waals surface area (Å²) in [5.74, 6) is 1.25. The van der Waals surface area contributed by atoms with Crippen LogP contribution < -0.4 is 10.2 Å². The molecule has 0 radical (unpaired) electrons. The van der Waals surface area contributed by atoms with E-state index in [0.29, 0.717) is 37.4 Å². The summed E-state index contributed by atoms with van der Waals surface area (Å²) in [5, 5.41) is 2.95. The molecule has 2 rings (SSSR count). The first-order valence-corrected chi connectivity index (χ1v) is 9.05. The highest BCUT2D eigenvalue weighted by molar-refractivity contribution is 5.95. The number of ether oxygens (including phenoxy) is 1. The zero-order valence-corrected chi connectivity index (χ0v) is 15.5. The van der Waals surface area contributed by atoms with Crippen molar-refractivity contribution in [2.24, 2.45) is 0 Å². The van der Waals surface area contributed by atoms with Crippen molar-refractivity contribution in [3.05, 3.63) is 23.2 Å². The molecule has 1 aliphatic heterocycles. The van der Waals surface area contributed by atoms with Gasteiger partial charge in [-0.25, -0.2) is 0 Å². The number of carbonyl (C=O) groups is 2. The molecule has 25 heavy (non-hydrogen) atoms.